The fourth-order valence-electron chi connectivity index (χ4n) is 3.51. The highest BCUT2D eigenvalue weighted by Gasteiger charge is 2.31. The van der Waals surface area contributed by atoms with Gasteiger partial charge in [-0.1, -0.05) is 12.8 Å². The number of piperidine rings is 1. The maximum atomic E-state index is 9.32. The average molecular weight is 238 g/mol. The van der Waals surface area contributed by atoms with Crippen molar-refractivity contribution in [3.05, 3.63) is 0 Å². The van der Waals surface area contributed by atoms with Crippen LogP contribution in [0.5, 0.6) is 0 Å². The molecule has 3 heteroatoms. The molecule has 0 spiro atoms. The van der Waals surface area contributed by atoms with Crippen molar-refractivity contribution in [3.63, 3.8) is 0 Å². The Bertz CT molecular complexity index is 255. The predicted octanol–water partition coefficient (Wildman–Crippen LogP) is 1.95. The Hall–Kier alpha value is -0.410. The van der Waals surface area contributed by atoms with Gasteiger partial charge < -0.3 is 10.1 Å². The third-order valence-electron chi connectivity index (χ3n) is 4.40. The van der Waals surface area contributed by atoms with E-state index in [-0.39, 0.29) is 0 Å². The van der Waals surface area contributed by atoms with Crippen molar-refractivity contribution in [2.75, 3.05) is 26.7 Å². The van der Waals surface area contributed by atoms with E-state index in [0.717, 1.165) is 6.54 Å². The van der Waals surface area contributed by atoms with Gasteiger partial charge in [-0.2, -0.15) is 0 Å². The van der Waals surface area contributed by atoms with Crippen LogP contribution in [0.2, 0.25) is 0 Å². The van der Waals surface area contributed by atoms with E-state index < -0.39 is 0 Å². The fraction of sp³-hybridized carbons (Fsp3) is 0.929. The summed E-state index contributed by atoms with van der Waals surface area (Å²) in [5.74, 6) is 1.15. The Balaban J connectivity index is 1.97. The molecule has 0 bridgehead atoms. The van der Waals surface area contributed by atoms with Crippen LogP contribution in [-0.4, -0.2) is 49.0 Å². The molecule has 1 heterocycles. The third kappa shape index (κ3) is 3.29. The second-order valence-corrected chi connectivity index (χ2v) is 5.61. The van der Waals surface area contributed by atoms with E-state index in [2.05, 4.69) is 16.1 Å². The number of nitrogens with zero attached hydrogens (tertiary/aromatic N) is 2. The molecule has 0 aromatic rings. The van der Waals surface area contributed by atoms with E-state index in [1.165, 1.54) is 45.1 Å². The van der Waals surface area contributed by atoms with Crippen molar-refractivity contribution in [1.82, 2.24) is 4.90 Å². The number of aliphatic hydroxyl groups is 1. The van der Waals surface area contributed by atoms with Crippen LogP contribution in [0.15, 0.2) is 4.99 Å². The van der Waals surface area contributed by atoms with Gasteiger partial charge in [0.2, 0.25) is 0 Å². The van der Waals surface area contributed by atoms with Crippen molar-refractivity contribution in [3.8, 4) is 0 Å². The number of likely N-dealkylation sites (tertiary alicyclic amines) is 1. The lowest BCUT2D eigenvalue weighted by atomic mass is 9.82. The van der Waals surface area contributed by atoms with Gasteiger partial charge in [-0.3, -0.25) is 4.90 Å². The highest BCUT2D eigenvalue weighted by Crippen LogP contribution is 2.30. The number of hydrogen-bond donors (Lipinski definition) is 1. The number of rotatable bonds is 3. The Morgan fingerprint density at radius 3 is 2.82 bits per heavy atom. The molecule has 0 aromatic carbocycles. The zero-order valence-electron chi connectivity index (χ0n) is 11.0. The first-order valence-corrected chi connectivity index (χ1v) is 7.12. The Morgan fingerprint density at radius 2 is 2.06 bits per heavy atom. The monoisotopic (exact) mass is 238 g/mol. The average Bonchev–Trinajstić information content (AvgIpc) is 2.40. The van der Waals surface area contributed by atoms with E-state index in [1.54, 1.807) is 0 Å². The molecule has 1 aliphatic heterocycles. The first-order valence-electron chi connectivity index (χ1n) is 7.12. The van der Waals surface area contributed by atoms with Crippen molar-refractivity contribution in [2.24, 2.45) is 16.8 Å². The molecule has 0 aromatic heterocycles. The maximum absolute atomic E-state index is 9.32. The molecule has 3 atom stereocenters. The minimum atomic E-state index is 0.357. The summed E-state index contributed by atoms with van der Waals surface area (Å²) in [6.45, 7) is 2.67. The van der Waals surface area contributed by atoms with Gasteiger partial charge in [0.05, 0.1) is 0 Å². The van der Waals surface area contributed by atoms with Gasteiger partial charge in [-0.25, -0.2) is 0 Å². The molecule has 1 unspecified atom stereocenters. The SMILES string of the molecule is CN=CC1CCCC[C@@H]1N1CCC[C@H](CO)C1. The van der Waals surface area contributed by atoms with Gasteiger partial charge in [0.1, 0.15) is 0 Å². The zero-order valence-corrected chi connectivity index (χ0v) is 11.0. The molecular formula is C14H26N2O. The van der Waals surface area contributed by atoms with Gasteiger partial charge >= 0.3 is 0 Å². The number of aliphatic imine (C=N–C) groups is 1. The summed E-state index contributed by atoms with van der Waals surface area (Å²) in [6, 6.07) is 0.682. The van der Waals surface area contributed by atoms with Gasteiger partial charge in [0.15, 0.2) is 0 Å². The lowest BCUT2D eigenvalue weighted by Gasteiger charge is -2.42. The Kier molecular flexibility index (Phi) is 4.99. The van der Waals surface area contributed by atoms with E-state index in [9.17, 15) is 5.11 Å². The molecule has 1 N–H and O–H groups in total. The highest BCUT2D eigenvalue weighted by molar-refractivity contribution is 5.61. The molecule has 2 rings (SSSR count). The molecule has 17 heavy (non-hydrogen) atoms. The molecule has 1 saturated carbocycles. The van der Waals surface area contributed by atoms with E-state index in [0.29, 0.717) is 24.5 Å². The van der Waals surface area contributed by atoms with Gasteiger partial charge in [-0.15, -0.1) is 0 Å². The van der Waals surface area contributed by atoms with Crippen LogP contribution in [0, 0.1) is 11.8 Å². The van der Waals surface area contributed by atoms with Gasteiger partial charge in [-0.05, 0) is 38.1 Å². The zero-order chi connectivity index (χ0) is 12.1. The first-order chi connectivity index (χ1) is 8.35. The molecule has 0 radical (unpaired) electrons. The molecule has 1 aliphatic carbocycles. The van der Waals surface area contributed by atoms with Crippen molar-refractivity contribution in [1.29, 1.82) is 0 Å². The van der Waals surface area contributed by atoms with Crippen molar-refractivity contribution in [2.45, 2.75) is 44.6 Å². The standard InChI is InChI=1S/C14H26N2O/c1-15-9-13-6-2-3-7-14(13)16-8-4-5-12(10-16)11-17/h9,12-14,17H,2-8,10-11H2,1H3/t12-,13?,14-/m0/s1. The molecule has 1 saturated heterocycles. The summed E-state index contributed by atoms with van der Waals surface area (Å²) in [5.41, 5.74) is 0. The quantitative estimate of drug-likeness (QED) is 0.763. The minimum Gasteiger partial charge on any atom is -0.396 e. The lowest BCUT2D eigenvalue weighted by Crippen LogP contribution is -2.48. The molecule has 2 fully saturated rings. The topological polar surface area (TPSA) is 35.8 Å². The number of hydrogen-bond acceptors (Lipinski definition) is 3. The smallest absolute Gasteiger partial charge is 0.0471 e. The molecular weight excluding hydrogens is 212 g/mol. The molecule has 98 valence electrons. The molecule has 0 amide bonds. The highest BCUT2D eigenvalue weighted by atomic mass is 16.3. The van der Waals surface area contributed by atoms with Gasteiger partial charge in [0.25, 0.3) is 0 Å². The van der Waals surface area contributed by atoms with Crippen LogP contribution < -0.4 is 0 Å². The van der Waals surface area contributed by atoms with Gasteiger partial charge in [0, 0.05) is 38.4 Å². The summed E-state index contributed by atoms with van der Waals surface area (Å²) in [4.78, 5) is 6.86. The number of aliphatic hydroxyl groups excluding tert-OH is 1. The normalized spacial score (nSPS) is 36.5. The summed E-state index contributed by atoms with van der Waals surface area (Å²) in [7, 11) is 1.89. The predicted molar refractivity (Wildman–Crippen MR) is 71.5 cm³/mol. The van der Waals surface area contributed by atoms with Crippen LogP contribution in [0.3, 0.4) is 0 Å². The summed E-state index contributed by atoms with van der Waals surface area (Å²) in [6.07, 6.45) is 9.93. The summed E-state index contributed by atoms with van der Waals surface area (Å²) < 4.78 is 0. The van der Waals surface area contributed by atoms with Crippen LogP contribution in [-0.2, 0) is 0 Å². The van der Waals surface area contributed by atoms with Crippen LogP contribution in [0.4, 0.5) is 0 Å². The Labute approximate surface area is 105 Å². The van der Waals surface area contributed by atoms with E-state index in [1.807, 2.05) is 7.05 Å². The van der Waals surface area contributed by atoms with Crippen LogP contribution in [0.1, 0.15) is 38.5 Å². The third-order valence-corrected chi connectivity index (χ3v) is 4.40. The first kappa shape index (κ1) is 13.0. The fourth-order valence-corrected chi connectivity index (χ4v) is 3.51. The largest absolute Gasteiger partial charge is 0.396 e. The van der Waals surface area contributed by atoms with Crippen LogP contribution >= 0.6 is 0 Å². The molecule has 2 aliphatic rings. The maximum Gasteiger partial charge on any atom is 0.0471 e. The lowest BCUT2D eigenvalue weighted by molar-refractivity contribution is 0.0607. The van der Waals surface area contributed by atoms with E-state index >= 15 is 0 Å². The second kappa shape index (κ2) is 6.50. The van der Waals surface area contributed by atoms with E-state index in [4.69, 9.17) is 0 Å². The summed E-state index contributed by atoms with van der Waals surface area (Å²) in [5, 5.41) is 9.32. The summed E-state index contributed by atoms with van der Waals surface area (Å²) >= 11 is 0. The van der Waals surface area contributed by atoms with Crippen molar-refractivity contribution < 1.29 is 5.11 Å². The van der Waals surface area contributed by atoms with Crippen molar-refractivity contribution >= 4 is 6.21 Å². The minimum absolute atomic E-state index is 0.357. The molecule has 3 nitrogen and oxygen atoms in total. The van der Waals surface area contributed by atoms with Crippen LogP contribution in [0.25, 0.3) is 0 Å². The second-order valence-electron chi connectivity index (χ2n) is 5.61. The Morgan fingerprint density at radius 1 is 1.24 bits per heavy atom.